The van der Waals surface area contributed by atoms with Crippen LogP contribution in [0.15, 0.2) is 18.2 Å². The van der Waals surface area contributed by atoms with Crippen molar-refractivity contribution in [2.75, 3.05) is 20.2 Å². The molecule has 0 saturated heterocycles. The second-order valence-corrected chi connectivity index (χ2v) is 6.05. The van der Waals surface area contributed by atoms with Gasteiger partial charge in [0, 0.05) is 24.0 Å². The van der Waals surface area contributed by atoms with Gasteiger partial charge in [-0.1, -0.05) is 13.3 Å². The Kier molecular flexibility index (Phi) is 4.55. The summed E-state index contributed by atoms with van der Waals surface area (Å²) in [7, 11) is 1.31. The summed E-state index contributed by atoms with van der Waals surface area (Å²) in [5.41, 5.74) is 2.01. The first-order valence-electron chi connectivity index (χ1n) is 8.23. The summed E-state index contributed by atoms with van der Waals surface area (Å²) in [6, 6.07) is 4.41. The van der Waals surface area contributed by atoms with Gasteiger partial charge in [-0.05, 0) is 36.6 Å². The lowest BCUT2D eigenvalue weighted by molar-refractivity contribution is -0.141. The zero-order chi connectivity index (χ0) is 17.3. The van der Waals surface area contributed by atoms with Crippen molar-refractivity contribution < 1.29 is 18.7 Å². The molecule has 0 unspecified atom stereocenters. The van der Waals surface area contributed by atoms with Crippen LogP contribution < -0.4 is 0 Å². The Morgan fingerprint density at radius 1 is 1.38 bits per heavy atom. The summed E-state index contributed by atoms with van der Waals surface area (Å²) in [6.07, 6.45) is 2.61. The first-order chi connectivity index (χ1) is 11.6. The van der Waals surface area contributed by atoms with E-state index in [2.05, 4.69) is 6.92 Å². The molecular formula is C18H21FN2O3. The average molecular weight is 332 g/mol. The fraction of sp³-hybridized carbons (Fsp3) is 0.444. The Hall–Kier alpha value is -2.37. The van der Waals surface area contributed by atoms with E-state index < -0.39 is 5.97 Å². The molecule has 0 spiro atoms. The van der Waals surface area contributed by atoms with Crippen LogP contribution in [0.2, 0.25) is 0 Å². The van der Waals surface area contributed by atoms with Crippen molar-refractivity contribution in [3.05, 3.63) is 35.3 Å². The van der Waals surface area contributed by atoms with E-state index in [-0.39, 0.29) is 18.3 Å². The minimum atomic E-state index is -0.433. The Morgan fingerprint density at radius 3 is 2.88 bits per heavy atom. The number of halogens is 1. The van der Waals surface area contributed by atoms with Gasteiger partial charge in [0.2, 0.25) is 0 Å². The molecule has 0 fully saturated rings. The van der Waals surface area contributed by atoms with Crippen LogP contribution in [-0.4, -0.2) is 41.5 Å². The van der Waals surface area contributed by atoms with Gasteiger partial charge in [0.25, 0.3) is 5.91 Å². The number of fused-ring (bicyclic) bond motifs is 3. The zero-order valence-corrected chi connectivity index (χ0v) is 14.0. The standard InChI is InChI=1S/C18H21FN2O3/c1-3-4-8-20-9-7-13-14-10-12(19)5-6-15(14)21(11-16(22)24-2)17(13)18(20)23/h5-6,10H,3-4,7-9,11H2,1-2H3. The van der Waals surface area contributed by atoms with Crippen molar-refractivity contribution in [3.8, 4) is 0 Å². The van der Waals surface area contributed by atoms with Crippen LogP contribution in [0.5, 0.6) is 0 Å². The lowest BCUT2D eigenvalue weighted by Crippen LogP contribution is -2.39. The monoisotopic (exact) mass is 332 g/mol. The maximum Gasteiger partial charge on any atom is 0.325 e. The van der Waals surface area contributed by atoms with Gasteiger partial charge in [0.15, 0.2) is 0 Å². The molecule has 24 heavy (non-hydrogen) atoms. The molecule has 2 heterocycles. The third-order valence-corrected chi connectivity index (χ3v) is 4.55. The fourth-order valence-corrected chi connectivity index (χ4v) is 3.31. The number of amides is 1. The van der Waals surface area contributed by atoms with Crippen molar-refractivity contribution in [1.29, 1.82) is 0 Å². The molecule has 1 aliphatic heterocycles. The summed E-state index contributed by atoms with van der Waals surface area (Å²) in [4.78, 5) is 26.5. The Bertz CT molecular complexity index is 797. The van der Waals surface area contributed by atoms with Crippen molar-refractivity contribution in [2.45, 2.75) is 32.7 Å². The van der Waals surface area contributed by atoms with E-state index in [0.717, 1.165) is 18.4 Å². The molecule has 1 aromatic heterocycles. The zero-order valence-electron chi connectivity index (χ0n) is 14.0. The number of hydrogen-bond donors (Lipinski definition) is 0. The fourth-order valence-electron chi connectivity index (χ4n) is 3.31. The molecule has 5 nitrogen and oxygen atoms in total. The van der Waals surface area contributed by atoms with Crippen molar-refractivity contribution in [2.24, 2.45) is 0 Å². The molecular weight excluding hydrogens is 311 g/mol. The van der Waals surface area contributed by atoms with Crippen molar-refractivity contribution in [1.82, 2.24) is 9.47 Å². The molecule has 0 saturated carbocycles. The van der Waals surface area contributed by atoms with Gasteiger partial charge < -0.3 is 14.2 Å². The average Bonchev–Trinajstić information content (AvgIpc) is 2.88. The SMILES string of the molecule is CCCCN1CCc2c(n(CC(=O)OC)c3ccc(F)cc23)C1=O. The number of ether oxygens (including phenoxy) is 1. The van der Waals surface area contributed by atoms with Crippen molar-refractivity contribution in [3.63, 3.8) is 0 Å². The molecule has 6 heteroatoms. The van der Waals surface area contributed by atoms with Gasteiger partial charge >= 0.3 is 5.97 Å². The topological polar surface area (TPSA) is 51.5 Å². The number of carbonyl (C=O) groups excluding carboxylic acids is 2. The van der Waals surface area contributed by atoms with E-state index in [1.165, 1.54) is 19.2 Å². The highest BCUT2D eigenvalue weighted by atomic mass is 19.1. The maximum absolute atomic E-state index is 13.7. The van der Waals surface area contributed by atoms with Gasteiger partial charge in [0.1, 0.15) is 18.1 Å². The highest BCUT2D eigenvalue weighted by Crippen LogP contribution is 2.31. The maximum atomic E-state index is 13.7. The molecule has 2 aromatic rings. The Balaban J connectivity index is 2.12. The minimum Gasteiger partial charge on any atom is -0.468 e. The van der Waals surface area contributed by atoms with E-state index in [1.54, 1.807) is 10.6 Å². The number of esters is 1. The molecule has 0 atom stereocenters. The van der Waals surface area contributed by atoms with E-state index in [1.807, 2.05) is 4.90 Å². The van der Waals surface area contributed by atoms with E-state index >= 15 is 0 Å². The smallest absolute Gasteiger partial charge is 0.325 e. The van der Waals surface area contributed by atoms with E-state index in [4.69, 9.17) is 4.74 Å². The molecule has 0 bridgehead atoms. The highest BCUT2D eigenvalue weighted by Gasteiger charge is 2.31. The number of carbonyl (C=O) groups is 2. The Labute approximate surface area is 140 Å². The predicted octanol–water partition coefficient (Wildman–Crippen LogP) is 2.75. The summed E-state index contributed by atoms with van der Waals surface area (Å²) >= 11 is 0. The van der Waals surface area contributed by atoms with Crippen LogP contribution in [-0.2, 0) is 22.5 Å². The molecule has 0 N–H and O–H groups in total. The third-order valence-electron chi connectivity index (χ3n) is 4.55. The second kappa shape index (κ2) is 6.63. The second-order valence-electron chi connectivity index (χ2n) is 6.05. The number of nitrogens with zero attached hydrogens (tertiary/aromatic N) is 2. The summed E-state index contributed by atoms with van der Waals surface area (Å²) < 4.78 is 20.1. The quantitative estimate of drug-likeness (QED) is 0.791. The molecule has 1 aliphatic rings. The normalized spacial score (nSPS) is 14.1. The molecule has 0 aliphatic carbocycles. The van der Waals surface area contributed by atoms with Crippen LogP contribution in [0.25, 0.3) is 10.9 Å². The molecule has 0 radical (unpaired) electrons. The lowest BCUT2D eigenvalue weighted by Gasteiger charge is -2.28. The summed E-state index contributed by atoms with van der Waals surface area (Å²) in [6.45, 7) is 3.35. The van der Waals surface area contributed by atoms with Crippen molar-refractivity contribution >= 4 is 22.8 Å². The van der Waals surface area contributed by atoms with Gasteiger partial charge in [-0.25, -0.2) is 4.39 Å². The number of methoxy groups -OCH3 is 1. The number of benzene rings is 1. The predicted molar refractivity (Wildman–Crippen MR) is 88.4 cm³/mol. The van der Waals surface area contributed by atoms with Gasteiger partial charge in [-0.3, -0.25) is 9.59 Å². The van der Waals surface area contributed by atoms with Crippen LogP contribution >= 0.6 is 0 Å². The summed E-state index contributed by atoms with van der Waals surface area (Å²) in [5.74, 6) is -0.871. The van der Waals surface area contributed by atoms with Gasteiger partial charge in [-0.2, -0.15) is 0 Å². The van der Waals surface area contributed by atoms with Crippen LogP contribution in [0.3, 0.4) is 0 Å². The first-order valence-corrected chi connectivity index (χ1v) is 8.23. The number of aromatic nitrogens is 1. The van der Waals surface area contributed by atoms with Crippen LogP contribution in [0.1, 0.15) is 35.8 Å². The number of unbranched alkanes of at least 4 members (excludes halogenated alkanes) is 1. The Morgan fingerprint density at radius 2 is 2.17 bits per heavy atom. The van der Waals surface area contributed by atoms with Gasteiger partial charge in [0.05, 0.1) is 7.11 Å². The minimum absolute atomic E-state index is 0.0542. The third kappa shape index (κ3) is 2.77. The number of hydrogen-bond acceptors (Lipinski definition) is 3. The lowest BCUT2D eigenvalue weighted by atomic mass is 10.0. The highest BCUT2D eigenvalue weighted by molar-refractivity contribution is 6.03. The van der Waals surface area contributed by atoms with E-state index in [0.29, 0.717) is 36.1 Å². The first kappa shape index (κ1) is 16.5. The summed E-state index contributed by atoms with van der Waals surface area (Å²) in [5, 5.41) is 0.706. The molecule has 1 amide bonds. The molecule has 1 aromatic carbocycles. The molecule has 3 rings (SSSR count). The van der Waals surface area contributed by atoms with Gasteiger partial charge in [-0.15, -0.1) is 0 Å². The van der Waals surface area contributed by atoms with E-state index in [9.17, 15) is 14.0 Å². The van der Waals surface area contributed by atoms with Crippen LogP contribution in [0, 0.1) is 5.82 Å². The van der Waals surface area contributed by atoms with Crippen LogP contribution in [0.4, 0.5) is 4.39 Å². The largest absolute Gasteiger partial charge is 0.468 e. The number of rotatable bonds is 5. The molecule has 128 valence electrons.